The molecule has 3 nitrogen and oxygen atoms in total. The quantitative estimate of drug-likeness (QED) is 0.861. The van der Waals surface area contributed by atoms with Gasteiger partial charge in [0, 0.05) is 11.9 Å². The highest BCUT2D eigenvalue weighted by Crippen LogP contribution is 2.36. The Kier molecular flexibility index (Phi) is 3.97. The lowest BCUT2D eigenvalue weighted by atomic mass is 9.77. The van der Waals surface area contributed by atoms with Gasteiger partial charge in [-0.15, -0.1) is 0 Å². The average Bonchev–Trinajstić information content (AvgIpc) is 2.50. The summed E-state index contributed by atoms with van der Waals surface area (Å²) in [5, 5.41) is 9.42. The zero-order valence-corrected chi connectivity index (χ0v) is 12.7. The van der Waals surface area contributed by atoms with Crippen molar-refractivity contribution in [3.63, 3.8) is 0 Å². The maximum atomic E-state index is 14.5. The molecule has 1 aliphatic heterocycles. The van der Waals surface area contributed by atoms with E-state index in [1.54, 1.807) is 25.1 Å². The van der Waals surface area contributed by atoms with E-state index in [2.05, 4.69) is 0 Å². The Morgan fingerprint density at radius 2 is 1.75 bits per heavy atom. The summed E-state index contributed by atoms with van der Waals surface area (Å²) >= 11 is 0. The topological polar surface area (TPSA) is 38.7 Å². The van der Waals surface area contributed by atoms with E-state index in [1.165, 1.54) is 0 Å². The van der Waals surface area contributed by atoms with Crippen LogP contribution in [0, 0.1) is 5.82 Å². The van der Waals surface area contributed by atoms with Gasteiger partial charge in [-0.2, -0.15) is 0 Å². The Labute approximate surface area is 120 Å². The molecule has 1 aliphatic rings. The lowest BCUT2D eigenvalue weighted by Crippen LogP contribution is -2.41. The number of aliphatic hydroxyl groups excluding tert-OH is 1. The van der Waals surface area contributed by atoms with Crippen LogP contribution >= 0.6 is 0 Å². The molecule has 1 unspecified atom stereocenters. The van der Waals surface area contributed by atoms with Crippen molar-refractivity contribution in [1.82, 2.24) is 0 Å². The predicted molar refractivity (Wildman–Crippen MR) is 77.5 cm³/mol. The molecule has 110 valence electrons. The molecule has 5 heteroatoms. The van der Waals surface area contributed by atoms with Crippen molar-refractivity contribution in [2.24, 2.45) is 0 Å². The highest BCUT2D eigenvalue weighted by molar-refractivity contribution is 6.62. The van der Waals surface area contributed by atoms with Crippen LogP contribution in [0.4, 0.5) is 4.39 Å². The van der Waals surface area contributed by atoms with Gasteiger partial charge in [-0.25, -0.2) is 4.39 Å². The van der Waals surface area contributed by atoms with E-state index < -0.39 is 24.4 Å². The van der Waals surface area contributed by atoms with Crippen LogP contribution in [-0.2, 0) is 15.7 Å². The van der Waals surface area contributed by atoms with Crippen LogP contribution in [0.25, 0.3) is 0 Å². The Morgan fingerprint density at radius 3 is 2.25 bits per heavy atom. The fourth-order valence-corrected chi connectivity index (χ4v) is 2.23. The number of hydrogen-bond donors (Lipinski definition) is 1. The van der Waals surface area contributed by atoms with Crippen LogP contribution in [0.1, 0.15) is 40.2 Å². The Hall–Kier alpha value is -0.905. The van der Waals surface area contributed by atoms with Gasteiger partial charge in [0.2, 0.25) is 0 Å². The molecule has 1 heterocycles. The first kappa shape index (κ1) is 15.5. The average molecular weight is 280 g/mol. The molecule has 1 atom stereocenters. The normalized spacial score (nSPS) is 22.1. The van der Waals surface area contributed by atoms with Gasteiger partial charge in [0.15, 0.2) is 0 Å². The summed E-state index contributed by atoms with van der Waals surface area (Å²) < 4.78 is 26.2. The summed E-state index contributed by atoms with van der Waals surface area (Å²) in [5.41, 5.74) is -0.122. The minimum absolute atomic E-state index is 0.277. The third kappa shape index (κ3) is 2.75. The molecule has 1 N–H and O–H groups in total. The van der Waals surface area contributed by atoms with E-state index in [9.17, 15) is 9.50 Å². The van der Waals surface area contributed by atoms with E-state index in [4.69, 9.17) is 9.31 Å². The molecule has 0 amide bonds. The van der Waals surface area contributed by atoms with Crippen molar-refractivity contribution < 1.29 is 18.8 Å². The number of aliphatic hydroxyl groups is 1. The van der Waals surface area contributed by atoms with E-state index in [1.807, 2.05) is 27.7 Å². The molecule has 1 saturated heterocycles. The molecule has 20 heavy (non-hydrogen) atoms. The summed E-state index contributed by atoms with van der Waals surface area (Å²) in [5.74, 6) is -0.355. The second-order valence-corrected chi connectivity index (χ2v) is 6.46. The molecule has 2 rings (SSSR count). The van der Waals surface area contributed by atoms with E-state index in [0.29, 0.717) is 11.0 Å². The monoisotopic (exact) mass is 280 g/mol. The molecule has 0 radical (unpaired) electrons. The fraction of sp³-hybridized carbons (Fsp3) is 0.600. The van der Waals surface area contributed by atoms with Gasteiger partial charge in [-0.1, -0.05) is 18.2 Å². The van der Waals surface area contributed by atoms with Gasteiger partial charge < -0.3 is 14.4 Å². The summed E-state index contributed by atoms with van der Waals surface area (Å²) in [6.45, 7) is 9.38. The first-order valence-corrected chi connectivity index (χ1v) is 6.95. The predicted octanol–water partition coefficient (Wildman–Crippen LogP) is 2.05. The summed E-state index contributed by atoms with van der Waals surface area (Å²) in [6, 6.07) is 5.11. The Morgan fingerprint density at radius 1 is 1.20 bits per heavy atom. The molecule has 0 spiro atoms. The van der Waals surface area contributed by atoms with Crippen molar-refractivity contribution in [2.75, 3.05) is 0 Å². The van der Waals surface area contributed by atoms with Crippen LogP contribution in [-0.4, -0.2) is 29.5 Å². The van der Waals surface area contributed by atoms with E-state index in [-0.39, 0.29) is 12.2 Å². The van der Waals surface area contributed by atoms with E-state index in [0.717, 1.165) is 0 Å². The number of halogens is 1. The van der Waals surface area contributed by atoms with Gasteiger partial charge in [-0.3, -0.25) is 0 Å². The highest BCUT2D eigenvalue weighted by atomic mass is 19.1. The molecule has 0 aromatic heterocycles. The molecule has 1 aromatic carbocycles. The fourth-order valence-electron chi connectivity index (χ4n) is 2.23. The van der Waals surface area contributed by atoms with Crippen molar-refractivity contribution in [2.45, 2.75) is 58.3 Å². The second-order valence-electron chi connectivity index (χ2n) is 6.46. The molecule has 0 bridgehead atoms. The van der Waals surface area contributed by atoms with Crippen LogP contribution in [0.5, 0.6) is 0 Å². The summed E-state index contributed by atoms with van der Waals surface area (Å²) in [7, 11) is -0.714. The minimum atomic E-state index is -0.714. The van der Waals surface area contributed by atoms with Crippen LogP contribution in [0.15, 0.2) is 18.2 Å². The van der Waals surface area contributed by atoms with Gasteiger partial charge in [0.25, 0.3) is 0 Å². The van der Waals surface area contributed by atoms with Crippen molar-refractivity contribution in [3.05, 3.63) is 29.6 Å². The Balaban J connectivity index is 2.31. The lowest BCUT2D eigenvalue weighted by Gasteiger charge is -2.32. The van der Waals surface area contributed by atoms with Crippen LogP contribution < -0.4 is 5.46 Å². The maximum absolute atomic E-state index is 14.5. The third-order valence-electron chi connectivity index (χ3n) is 4.13. The zero-order valence-electron chi connectivity index (χ0n) is 12.7. The van der Waals surface area contributed by atoms with Gasteiger partial charge >= 0.3 is 7.12 Å². The number of rotatable bonds is 3. The van der Waals surface area contributed by atoms with Gasteiger partial charge in [0.1, 0.15) is 5.82 Å². The first-order valence-electron chi connectivity index (χ1n) is 6.95. The summed E-state index contributed by atoms with van der Waals surface area (Å²) in [4.78, 5) is 0. The lowest BCUT2D eigenvalue weighted by molar-refractivity contribution is 0.00578. The van der Waals surface area contributed by atoms with Crippen molar-refractivity contribution >= 4 is 12.6 Å². The highest BCUT2D eigenvalue weighted by Gasteiger charge is 2.52. The zero-order chi connectivity index (χ0) is 15.1. The minimum Gasteiger partial charge on any atom is -0.399 e. The Bertz CT molecular complexity index is 484. The van der Waals surface area contributed by atoms with Gasteiger partial charge in [-0.05, 0) is 40.2 Å². The van der Waals surface area contributed by atoms with Gasteiger partial charge in [0.05, 0.1) is 17.3 Å². The van der Waals surface area contributed by atoms with Crippen molar-refractivity contribution in [3.8, 4) is 0 Å². The molecule has 1 fully saturated rings. The molecular formula is C15H22BFO3. The largest absolute Gasteiger partial charge is 0.497 e. The first-order chi connectivity index (χ1) is 9.14. The number of benzene rings is 1. The molecular weight excluding hydrogens is 258 g/mol. The molecule has 0 aliphatic carbocycles. The third-order valence-corrected chi connectivity index (χ3v) is 4.13. The van der Waals surface area contributed by atoms with Crippen LogP contribution in [0.3, 0.4) is 0 Å². The number of hydrogen-bond acceptors (Lipinski definition) is 3. The standard InChI is InChI=1S/C15H22BFO3/c1-10(18)9-11-7-6-8-12(13(11)17)16-19-14(2,3)15(4,5)20-16/h6-8,10,18H,9H2,1-5H3. The second kappa shape index (κ2) is 5.13. The molecule has 1 aromatic rings. The van der Waals surface area contributed by atoms with Crippen LogP contribution in [0.2, 0.25) is 0 Å². The SMILES string of the molecule is CC(O)Cc1cccc(B2OC(C)(C)C(C)(C)O2)c1F. The van der Waals surface area contributed by atoms with E-state index >= 15 is 0 Å². The smallest absolute Gasteiger partial charge is 0.399 e. The summed E-state index contributed by atoms with van der Waals surface area (Å²) in [6.07, 6.45) is -0.308. The molecule has 0 saturated carbocycles. The maximum Gasteiger partial charge on any atom is 0.497 e. The van der Waals surface area contributed by atoms with Crippen molar-refractivity contribution in [1.29, 1.82) is 0 Å².